The van der Waals surface area contributed by atoms with E-state index < -0.39 is 18.5 Å². The van der Waals surface area contributed by atoms with Crippen molar-refractivity contribution in [3.8, 4) is 5.75 Å². The van der Waals surface area contributed by atoms with E-state index in [4.69, 9.17) is 21.1 Å². The van der Waals surface area contributed by atoms with Crippen LogP contribution in [-0.2, 0) is 16.1 Å². The molecule has 0 aliphatic heterocycles. The van der Waals surface area contributed by atoms with Gasteiger partial charge in [-0.15, -0.1) is 0 Å². The highest BCUT2D eigenvalue weighted by Crippen LogP contribution is 2.23. The predicted octanol–water partition coefficient (Wildman–Crippen LogP) is 5.64. The van der Waals surface area contributed by atoms with Gasteiger partial charge in [0.25, 0.3) is 5.91 Å². The molecule has 5 nitrogen and oxygen atoms in total. The molecule has 0 spiro atoms. The molecule has 3 aromatic rings. The van der Waals surface area contributed by atoms with Gasteiger partial charge in [0, 0.05) is 10.7 Å². The van der Waals surface area contributed by atoms with Crippen LogP contribution in [0, 0.1) is 20.8 Å². The SMILES string of the molecule is Cc1cc(C)c(NC(=O)COC(=O)c2ccccc2OCc2ccc(Cl)cc2)c(C)c1. The minimum atomic E-state index is -0.626. The van der Waals surface area contributed by atoms with Crippen LogP contribution in [0.2, 0.25) is 5.02 Å². The molecule has 0 saturated heterocycles. The van der Waals surface area contributed by atoms with Crippen LogP contribution in [0.25, 0.3) is 0 Å². The molecule has 6 heteroatoms. The number of ether oxygens (including phenoxy) is 2. The number of amides is 1. The van der Waals surface area contributed by atoms with E-state index in [9.17, 15) is 9.59 Å². The molecule has 0 unspecified atom stereocenters. The van der Waals surface area contributed by atoms with Crippen LogP contribution >= 0.6 is 11.6 Å². The first kappa shape index (κ1) is 22.4. The van der Waals surface area contributed by atoms with E-state index in [-0.39, 0.29) is 12.2 Å². The minimum absolute atomic E-state index is 0.256. The van der Waals surface area contributed by atoms with Crippen LogP contribution in [-0.4, -0.2) is 18.5 Å². The molecule has 160 valence electrons. The van der Waals surface area contributed by atoms with Crippen molar-refractivity contribution in [1.29, 1.82) is 0 Å². The van der Waals surface area contributed by atoms with Gasteiger partial charge in [-0.1, -0.05) is 53.6 Å². The van der Waals surface area contributed by atoms with Crippen LogP contribution in [0.15, 0.2) is 60.7 Å². The molecule has 0 fully saturated rings. The Morgan fingerprint density at radius 3 is 2.26 bits per heavy atom. The monoisotopic (exact) mass is 437 g/mol. The van der Waals surface area contributed by atoms with Crippen molar-refractivity contribution in [1.82, 2.24) is 0 Å². The van der Waals surface area contributed by atoms with Crippen molar-refractivity contribution in [2.75, 3.05) is 11.9 Å². The number of halogens is 1. The third-order valence-electron chi connectivity index (χ3n) is 4.69. The number of carbonyl (C=O) groups excluding carboxylic acids is 2. The molecule has 1 N–H and O–H groups in total. The van der Waals surface area contributed by atoms with Gasteiger partial charge in [0.1, 0.15) is 17.9 Å². The number of nitrogens with one attached hydrogen (secondary N) is 1. The number of rotatable bonds is 7. The van der Waals surface area contributed by atoms with E-state index in [1.165, 1.54) is 0 Å². The Bertz CT molecular complexity index is 1070. The first-order valence-corrected chi connectivity index (χ1v) is 10.2. The van der Waals surface area contributed by atoms with Crippen LogP contribution in [0.3, 0.4) is 0 Å². The number of benzene rings is 3. The lowest BCUT2D eigenvalue weighted by Crippen LogP contribution is -2.22. The van der Waals surface area contributed by atoms with E-state index >= 15 is 0 Å². The Morgan fingerprint density at radius 2 is 1.58 bits per heavy atom. The molecule has 0 aliphatic carbocycles. The summed E-state index contributed by atoms with van der Waals surface area (Å²) >= 11 is 5.90. The van der Waals surface area contributed by atoms with Crippen molar-refractivity contribution in [2.24, 2.45) is 0 Å². The highest BCUT2D eigenvalue weighted by Gasteiger charge is 2.16. The largest absolute Gasteiger partial charge is 0.488 e. The summed E-state index contributed by atoms with van der Waals surface area (Å²) in [4.78, 5) is 24.9. The van der Waals surface area contributed by atoms with Gasteiger partial charge in [-0.2, -0.15) is 0 Å². The molecule has 3 aromatic carbocycles. The number of anilines is 1. The summed E-state index contributed by atoms with van der Waals surface area (Å²) in [6, 6.07) is 18.0. The third kappa shape index (κ3) is 6.09. The van der Waals surface area contributed by atoms with Crippen LogP contribution in [0.5, 0.6) is 5.75 Å². The molecule has 0 saturated carbocycles. The maximum atomic E-state index is 12.6. The first-order valence-electron chi connectivity index (χ1n) is 9.84. The normalized spacial score (nSPS) is 10.5. The molecular formula is C25H24ClNO4. The fourth-order valence-corrected chi connectivity index (χ4v) is 3.39. The second-order valence-corrected chi connectivity index (χ2v) is 7.75. The summed E-state index contributed by atoms with van der Waals surface area (Å²) in [7, 11) is 0. The van der Waals surface area contributed by atoms with Gasteiger partial charge >= 0.3 is 5.97 Å². The minimum Gasteiger partial charge on any atom is -0.488 e. The smallest absolute Gasteiger partial charge is 0.342 e. The van der Waals surface area contributed by atoms with Crippen molar-refractivity contribution >= 4 is 29.2 Å². The van der Waals surface area contributed by atoms with E-state index in [1.807, 2.05) is 45.0 Å². The van der Waals surface area contributed by atoms with Crippen LogP contribution in [0.1, 0.15) is 32.6 Å². The van der Waals surface area contributed by atoms with Crippen LogP contribution in [0.4, 0.5) is 5.69 Å². The summed E-state index contributed by atoms with van der Waals surface area (Å²) in [6.45, 7) is 5.73. The Hall–Kier alpha value is -3.31. The number of hydrogen-bond acceptors (Lipinski definition) is 4. The quantitative estimate of drug-likeness (QED) is 0.486. The highest BCUT2D eigenvalue weighted by atomic mass is 35.5. The Kier molecular flexibility index (Phi) is 7.32. The van der Waals surface area contributed by atoms with Crippen LogP contribution < -0.4 is 10.1 Å². The molecule has 0 aliphatic rings. The van der Waals surface area contributed by atoms with Gasteiger partial charge < -0.3 is 14.8 Å². The maximum absolute atomic E-state index is 12.6. The predicted molar refractivity (Wildman–Crippen MR) is 122 cm³/mol. The van der Waals surface area contributed by atoms with Gasteiger partial charge in [-0.3, -0.25) is 4.79 Å². The zero-order valence-corrected chi connectivity index (χ0v) is 18.5. The lowest BCUT2D eigenvalue weighted by atomic mass is 10.1. The van der Waals surface area contributed by atoms with Crippen molar-refractivity contribution in [3.05, 3.63) is 93.5 Å². The number of para-hydroxylation sites is 1. The summed E-state index contributed by atoms with van der Waals surface area (Å²) < 4.78 is 11.0. The average Bonchev–Trinajstić information content (AvgIpc) is 2.74. The molecule has 3 rings (SSSR count). The second kappa shape index (κ2) is 10.1. The third-order valence-corrected chi connectivity index (χ3v) is 4.94. The van der Waals surface area contributed by atoms with Crippen molar-refractivity contribution in [2.45, 2.75) is 27.4 Å². The fourth-order valence-electron chi connectivity index (χ4n) is 3.26. The van der Waals surface area contributed by atoms with E-state index in [0.717, 1.165) is 27.9 Å². The number of hydrogen-bond donors (Lipinski definition) is 1. The van der Waals surface area contributed by atoms with E-state index in [2.05, 4.69) is 5.32 Å². The first-order chi connectivity index (χ1) is 14.8. The standard InChI is InChI=1S/C25H24ClNO4/c1-16-12-17(2)24(18(3)13-16)27-23(28)15-31-25(29)21-6-4-5-7-22(21)30-14-19-8-10-20(26)11-9-19/h4-13H,14-15H2,1-3H3,(H,27,28). The molecule has 0 bridgehead atoms. The summed E-state index contributed by atoms with van der Waals surface area (Å²) in [5, 5.41) is 3.46. The molecule has 0 heterocycles. The Balaban J connectivity index is 1.60. The zero-order chi connectivity index (χ0) is 22.4. The van der Waals surface area contributed by atoms with Gasteiger partial charge in [-0.05, 0) is 61.7 Å². The topological polar surface area (TPSA) is 64.6 Å². The van der Waals surface area contributed by atoms with Gasteiger partial charge in [0.05, 0.1) is 0 Å². The fraction of sp³-hybridized carbons (Fsp3) is 0.200. The lowest BCUT2D eigenvalue weighted by Gasteiger charge is -2.14. The highest BCUT2D eigenvalue weighted by molar-refractivity contribution is 6.30. The zero-order valence-electron chi connectivity index (χ0n) is 17.7. The van der Waals surface area contributed by atoms with E-state index in [0.29, 0.717) is 10.8 Å². The number of aryl methyl sites for hydroxylation is 3. The van der Waals surface area contributed by atoms with Gasteiger partial charge in [-0.25, -0.2) is 4.79 Å². The summed E-state index contributed by atoms with van der Waals surface area (Å²) in [5.41, 5.74) is 4.94. The number of esters is 1. The van der Waals surface area contributed by atoms with Gasteiger partial charge in [0.2, 0.25) is 0 Å². The average molecular weight is 438 g/mol. The van der Waals surface area contributed by atoms with E-state index in [1.54, 1.807) is 36.4 Å². The Labute approximate surface area is 187 Å². The van der Waals surface area contributed by atoms with Crippen molar-refractivity contribution in [3.63, 3.8) is 0 Å². The molecule has 0 radical (unpaired) electrons. The molecule has 1 amide bonds. The summed E-state index contributed by atoms with van der Waals surface area (Å²) in [5.74, 6) is -0.643. The molecule has 31 heavy (non-hydrogen) atoms. The molecule has 0 aromatic heterocycles. The second-order valence-electron chi connectivity index (χ2n) is 7.31. The maximum Gasteiger partial charge on any atom is 0.342 e. The molecular weight excluding hydrogens is 414 g/mol. The molecule has 0 atom stereocenters. The van der Waals surface area contributed by atoms with Crippen molar-refractivity contribution < 1.29 is 19.1 Å². The van der Waals surface area contributed by atoms with Gasteiger partial charge in [0.15, 0.2) is 6.61 Å². The lowest BCUT2D eigenvalue weighted by molar-refractivity contribution is -0.119. The summed E-state index contributed by atoms with van der Waals surface area (Å²) in [6.07, 6.45) is 0. The Morgan fingerprint density at radius 1 is 0.935 bits per heavy atom. The number of carbonyl (C=O) groups is 2.